The average Bonchev–Trinajstić information content (AvgIpc) is 2.41. The van der Waals surface area contributed by atoms with Crippen LogP contribution in [0, 0.1) is 0 Å². The fourth-order valence-corrected chi connectivity index (χ4v) is 2.24. The zero-order chi connectivity index (χ0) is 13.0. The third-order valence-corrected chi connectivity index (χ3v) is 3.51. The number of ether oxygens (including phenoxy) is 1. The van der Waals surface area contributed by atoms with Gasteiger partial charge in [-0.1, -0.05) is 24.3 Å². The van der Waals surface area contributed by atoms with E-state index in [4.69, 9.17) is 10.5 Å². The monoisotopic (exact) mass is 250 g/mol. The van der Waals surface area contributed by atoms with Crippen molar-refractivity contribution in [3.05, 3.63) is 35.4 Å². The third-order valence-electron chi connectivity index (χ3n) is 3.51. The van der Waals surface area contributed by atoms with Crippen LogP contribution >= 0.6 is 0 Å². The molecule has 1 aromatic carbocycles. The number of nitrogens with two attached hydrogens (primary N) is 1. The zero-order valence-electron chi connectivity index (χ0n) is 10.9. The molecule has 4 heteroatoms. The molecule has 2 atom stereocenters. The van der Waals surface area contributed by atoms with Crippen molar-refractivity contribution in [1.82, 2.24) is 4.90 Å². The van der Waals surface area contributed by atoms with Gasteiger partial charge in [0.2, 0.25) is 0 Å². The van der Waals surface area contributed by atoms with E-state index in [9.17, 15) is 5.11 Å². The van der Waals surface area contributed by atoms with Gasteiger partial charge in [0.1, 0.15) is 0 Å². The summed E-state index contributed by atoms with van der Waals surface area (Å²) in [6.07, 6.45) is -0.447. The Kier molecular flexibility index (Phi) is 4.72. The van der Waals surface area contributed by atoms with Crippen LogP contribution in [0.4, 0.5) is 0 Å². The smallest absolute Gasteiger partial charge is 0.0917 e. The Morgan fingerprint density at radius 2 is 2.17 bits per heavy atom. The summed E-state index contributed by atoms with van der Waals surface area (Å²) in [5, 5.41) is 10.2. The summed E-state index contributed by atoms with van der Waals surface area (Å²) in [7, 11) is 0. The molecule has 4 nitrogen and oxygen atoms in total. The van der Waals surface area contributed by atoms with Gasteiger partial charge in [0.05, 0.1) is 19.3 Å². The maximum absolute atomic E-state index is 10.2. The first kappa shape index (κ1) is 13.5. The number of nitrogens with zero attached hydrogens (tertiary/aromatic N) is 1. The maximum atomic E-state index is 10.2. The van der Waals surface area contributed by atoms with Gasteiger partial charge in [0.15, 0.2) is 0 Å². The summed E-state index contributed by atoms with van der Waals surface area (Å²) in [5.41, 5.74) is 7.60. The Bertz CT molecular complexity index is 367. The van der Waals surface area contributed by atoms with Crippen molar-refractivity contribution in [1.29, 1.82) is 0 Å². The number of β-amino-alcohol motifs (C(OH)–C–C–N with tert-alkyl or cyclic N) is 1. The van der Waals surface area contributed by atoms with Crippen molar-refractivity contribution in [3.63, 3.8) is 0 Å². The van der Waals surface area contributed by atoms with Gasteiger partial charge >= 0.3 is 0 Å². The summed E-state index contributed by atoms with van der Waals surface area (Å²) in [6, 6.07) is 8.23. The summed E-state index contributed by atoms with van der Waals surface area (Å²) in [4.78, 5) is 2.27. The van der Waals surface area contributed by atoms with Crippen molar-refractivity contribution in [3.8, 4) is 0 Å². The molecular weight excluding hydrogens is 228 g/mol. The number of hydrogen-bond acceptors (Lipinski definition) is 4. The van der Waals surface area contributed by atoms with Crippen LogP contribution in [0.1, 0.15) is 24.2 Å². The van der Waals surface area contributed by atoms with Gasteiger partial charge in [-0.05, 0) is 18.1 Å². The minimum atomic E-state index is -0.447. The predicted molar refractivity (Wildman–Crippen MR) is 71.1 cm³/mol. The molecule has 0 saturated carbocycles. The highest BCUT2D eigenvalue weighted by atomic mass is 16.5. The topological polar surface area (TPSA) is 58.7 Å². The molecule has 0 radical (unpaired) electrons. The van der Waals surface area contributed by atoms with Crippen molar-refractivity contribution >= 4 is 0 Å². The standard InChI is InChI=1S/C14H22N2O2/c1-11-10-18-7-6-16(11)9-14(17)13-4-2-12(8-15)3-5-13/h2-5,11,14,17H,6-10,15H2,1H3. The lowest BCUT2D eigenvalue weighted by molar-refractivity contribution is -0.0203. The number of aliphatic hydroxyl groups is 1. The molecule has 2 rings (SSSR count). The van der Waals surface area contributed by atoms with E-state index in [0.29, 0.717) is 19.1 Å². The Balaban J connectivity index is 1.95. The Labute approximate surface area is 108 Å². The third kappa shape index (κ3) is 3.29. The highest BCUT2D eigenvalue weighted by molar-refractivity contribution is 5.24. The quantitative estimate of drug-likeness (QED) is 0.833. The van der Waals surface area contributed by atoms with E-state index in [1.54, 1.807) is 0 Å². The fourth-order valence-electron chi connectivity index (χ4n) is 2.24. The van der Waals surface area contributed by atoms with Gasteiger partial charge in [-0.3, -0.25) is 4.90 Å². The number of benzene rings is 1. The Morgan fingerprint density at radius 1 is 1.44 bits per heavy atom. The second-order valence-corrected chi connectivity index (χ2v) is 4.88. The predicted octanol–water partition coefficient (Wildman–Crippen LogP) is 0.899. The summed E-state index contributed by atoms with van der Waals surface area (Å²) >= 11 is 0. The lowest BCUT2D eigenvalue weighted by Gasteiger charge is -2.34. The summed E-state index contributed by atoms with van der Waals surface area (Å²) in [5.74, 6) is 0. The second-order valence-electron chi connectivity index (χ2n) is 4.88. The Morgan fingerprint density at radius 3 is 2.78 bits per heavy atom. The van der Waals surface area contributed by atoms with Gasteiger partial charge in [-0.15, -0.1) is 0 Å². The SMILES string of the molecule is CC1COCCN1CC(O)c1ccc(CN)cc1. The molecule has 3 N–H and O–H groups in total. The molecule has 18 heavy (non-hydrogen) atoms. The summed E-state index contributed by atoms with van der Waals surface area (Å²) < 4.78 is 5.39. The van der Waals surface area contributed by atoms with Crippen LogP contribution in [0.5, 0.6) is 0 Å². The van der Waals surface area contributed by atoms with Crippen LogP contribution in [0.3, 0.4) is 0 Å². The van der Waals surface area contributed by atoms with Crippen molar-refractivity contribution in [2.45, 2.75) is 25.6 Å². The zero-order valence-corrected chi connectivity index (χ0v) is 10.9. The number of hydrogen-bond donors (Lipinski definition) is 2. The van der Waals surface area contributed by atoms with E-state index >= 15 is 0 Å². The lowest BCUT2D eigenvalue weighted by Crippen LogP contribution is -2.45. The first-order chi connectivity index (χ1) is 8.70. The highest BCUT2D eigenvalue weighted by Crippen LogP contribution is 2.17. The normalized spacial score (nSPS) is 22.9. The number of rotatable bonds is 4. The molecule has 1 aliphatic rings. The first-order valence-electron chi connectivity index (χ1n) is 6.49. The van der Waals surface area contributed by atoms with Crippen LogP contribution < -0.4 is 5.73 Å². The average molecular weight is 250 g/mol. The molecule has 2 unspecified atom stereocenters. The molecule has 0 aliphatic carbocycles. The molecule has 1 aliphatic heterocycles. The number of morpholine rings is 1. The molecule has 0 bridgehead atoms. The van der Waals surface area contributed by atoms with Gasteiger partial charge in [-0.2, -0.15) is 0 Å². The van der Waals surface area contributed by atoms with Crippen molar-refractivity contribution in [2.24, 2.45) is 5.73 Å². The number of aliphatic hydroxyl groups excluding tert-OH is 1. The van der Waals surface area contributed by atoms with E-state index in [1.165, 1.54) is 0 Å². The molecule has 1 heterocycles. The molecular formula is C14H22N2O2. The molecule has 1 aromatic rings. The highest BCUT2D eigenvalue weighted by Gasteiger charge is 2.21. The van der Waals surface area contributed by atoms with Crippen LogP contribution in [-0.2, 0) is 11.3 Å². The largest absolute Gasteiger partial charge is 0.387 e. The fraction of sp³-hybridized carbons (Fsp3) is 0.571. The van der Waals surface area contributed by atoms with Crippen LogP contribution in [0.2, 0.25) is 0 Å². The van der Waals surface area contributed by atoms with Gasteiger partial charge < -0.3 is 15.6 Å². The van der Waals surface area contributed by atoms with E-state index in [0.717, 1.165) is 30.9 Å². The minimum Gasteiger partial charge on any atom is -0.387 e. The van der Waals surface area contributed by atoms with Crippen LogP contribution in [0.15, 0.2) is 24.3 Å². The molecule has 1 fully saturated rings. The molecule has 100 valence electrons. The van der Waals surface area contributed by atoms with E-state index in [-0.39, 0.29) is 0 Å². The van der Waals surface area contributed by atoms with Crippen molar-refractivity contribution < 1.29 is 9.84 Å². The van der Waals surface area contributed by atoms with Crippen LogP contribution in [0.25, 0.3) is 0 Å². The molecule has 0 amide bonds. The summed E-state index contributed by atoms with van der Waals surface area (Å²) in [6.45, 7) is 5.72. The van der Waals surface area contributed by atoms with Gasteiger partial charge in [-0.25, -0.2) is 0 Å². The lowest BCUT2D eigenvalue weighted by atomic mass is 10.1. The Hall–Kier alpha value is -0.940. The first-order valence-corrected chi connectivity index (χ1v) is 6.49. The van der Waals surface area contributed by atoms with Gasteiger partial charge in [0.25, 0.3) is 0 Å². The second kappa shape index (κ2) is 6.29. The maximum Gasteiger partial charge on any atom is 0.0917 e. The van der Waals surface area contributed by atoms with Crippen molar-refractivity contribution in [2.75, 3.05) is 26.3 Å². The van der Waals surface area contributed by atoms with E-state index in [2.05, 4.69) is 11.8 Å². The van der Waals surface area contributed by atoms with E-state index < -0.39 is 6.10 Å². The molecule has 1 saturated heterocycles. The van der Waals surface area contributed by atoms with Crippen LogP contribution in [-0.4, -0.2) is 42.4 Å². The molecule has 0 spiro atoms. The van der Waals surface area contributed by atoms with E-state index in [1.807, 2.05) is 24.3 Å². The molecule has 0 aromatic heterocycles. The minimum absolute atomic E-state index is 0.372. The van der Waals surface area contributed by atoms with Gasteiger partial charge in [0, 0.05) is 25.7 Å².